The summed E-state index contributed by atoms with van der Waals surface area (Å²) < 4.78 is 4.75. The maximum Gasteiger partial charge on any atom is 0.319 e. The van der Waals surface area contributed by atoms with Crippen molar-refractivity contribution in [3.8, 4) is 0 Å². The summed E-state index contributed by atoms with van der Waals surface area (Å²) in [5, 5.41) is 0. The predicted molar refractivity (Wildman–Crippen MR) is 70.1 cm³/mol. The van der Waals surface area contributed by atoms with Gasteiger partial charge in [0.05, 0.1) is 13.7 Å². The van der Waals surface area contributed by atoms with E-state index in [0.717, 1.165) is 18.1 Å². The number of hydrogen-bond donors (Lipinski definition) is 0. The molecule has 1 atom stereocenters. The van der Waals surface area contributed by atoms with Crippen LogP contribution < -0.4 is 0 Å². The maximum absolute atomic E-state index is 11.4. The van der Waals surface area contributed by atoms with Gasteiger partial charge in [0.25, 0.3) is 0 Å². The molecule has 1 aromatic carbocycles. The van der Waals surface area contributed by atoms with Gasteiger partial charge in [-0.2, -0.15) is 11.8 Å². The second kappa shape index (κ2) is 6.07. The van der Waals surface area contributed by atoms with Crippen LogP contribution in [0.4, 0.5) is 0 Å². The summed E-state index contributed by atoms with van der Waals surface area (Å²) in [6.07, 6.45) is 0. The van der Waals surface area contributed by atoms with E-state index in [1.165, 1.54) is 12.7 Å². The number of benzene rings is 1. The number of hydrogen-bond acceptors (Lipinski definition) is 4. The van der Waals surface area contributed by atoms with Crippen molar-refractivity contribution in [1.82, 2.24) is 4.90 Å². The summed E-state index contributed by atoms with van der Waals surface area (Å²) in [5.74, 6) is 1.97. The van der Waals surface area contributed by atoms with Crippen LogP contribution in [-0.4, -0.2) is 42.6 Å². The Labute approximate surface area is 106 Å². The van der Waals surface area contributed by atoms with Crippen LogP contribution in [0.3, 0.4) is 0 Å². The van der Waals surface area contributed by atoms with Crippen LogP contribution in [-0.2, 0) is 9.53 Å². The molecule has 0 amide bonds. The van der Waals surface area contributed by atoms with Gasteiger partial charge in [0.1, 0.15) is 0 Å². The lowest BCUT2D eigenvalue weighted by atomic mass is 10.1. The third-order valence-electron chi connectivity index (χ3n) is 2.98. The highest BCUT2D eigenvalue weighted by molar-refractivity contribution is 7.99. The molecule has 92 valence electrons. The number of thioether (sulfide) groups is 1. The van der Waals surface area contributed by atoms with Gasteiger partial charge in [-0.25, -0.2) is 0 Å². The highest BCUT2D eigenvalue weighted by Crippen LogP contribution is 2.28. The van der Waals surface area contributed by atoms with Crippen molar-refractivity contribution in [1.29, 1.82) is 0 Å². The lowest BCUT2D eigenvalue weighted by molar-refractivity contribution is -0.142. The van der Waals surface area contributed by atoms with Crippen molar-refractivity contribution in [2.75, 3.05) is 31.7 Å². The maximum atomic E-state index is 11.4. The zero-order valence-electron chi connectivity index (χ0n) is 9.96. The van der Waals surface area contributed by atoms with Crippen LogP contribution >= 0.6 is 11.8 Å². The van der Waals surface area contributed by atoms with Gasteiger partial charge in [-0.1, -0.05) is 30.3 Å². The van der Waals surface area contributed by atoms with Crippen molar-refractivity contribution < 1.29 is 9.53 Å². The number of carbonyl (C=O) groups excluding carboxylic acids is 1. The molecule has 3 nitrogen and oxygen atoms in total. The zero-order valence-corrected chi connectivity index (χ0v) is 10.8. The third kappa shape index (κ3) is 3.23. The SMILES string of the molecule is COC(=O)CN1CCSCC1c1ccccc1. The summed E-state index contributed by atoms with van der Waals surface area (Å²) in [6, 6.07) is 10.7. The molecule has 1 fully saturated rings. The molecule has 0 aliphatic carbocycles. The van der Waals surface area contributed by atoms with E-state index < -0.39 is 0 Å². The van der Waals surface area contributed by atoms with Gasteiger partial charge < -0.3 is 4.74 Å². The van der Waals surface area contributed by atoms with E-state index in [1.54, 1.807) is 0 Å². The average molecular weight is 251 g/mol. The molecule has 1 heterocycles. The highest BCUT2D eigenvalue weighted by atomic mass is 32.2. The fourth-order valence-corrected chi connectivity index (χ4v) is 3.20. The monoisotopic (exact) mass is 251 g/mol. The summed E-state index contributed by atoms with van der Waals surface area (Å²) in [5.41, 5.74) is 1.28. The molecule has 1 aliphatic heterocycles. The number of carbonyl (C=O) groups is 1. The van der Waals surface area contributed by atoms with E-state index in [4.69, 9.17) is 4.74 Å². The first-order chi connectivity index (χ1) is 8.31. The van der Waals surface area contributed by atoms with Crippen LogP contribution in [0.2, 0.25) is 0 Å². The number of nitrogens with zero attached hydrogens (tertiary/aromatic N) is 1. The van der Waals surface area contributed by atoms with Crippen molar-refractivity contribution in [2.24, 2.45) is 0 Å². The largest absolute Gasteiger partial charge is 0.468 e. The van der Waals surface area contributed by atoms with E-state index >= 15 is 0 Å². The quantitative estimate of drug-likeness (QED) is 0.768. The molecule has 1 aromatic rings. The van der Waals surface area contributed by atoms with Gasteiger partial charge in [-0.05, 0) is 5.56 Å². The van der Waals surface area contributed by atoms with Gasteiger partial charge in [0.15, 0.2) is 0 Å². The number of ether oxygens (including phenoxy) is 1. The molecule has 0 saturated carbocycles. The first kappa shape index (κ1) is 12.5. The molecule has 17 heavy (non-hydrogen) atoms. The van der Waals surface area contributed by atoms with Gasteiger partial charge in [0, 0.05) is 24.1 Å². The zero-order chi connectivity index (χ0) is 12.1. The van der Waals surface area contributed by atoms with Crippen LogP contribution in [0.1, 0.15) is 11.6 Å². The van der Waals surface area contributed by atoms with Gasteiger partial charge in [-0.3, -0.25) is 9.69 Å². The lowest BCUT2D eigenvalue weighted by Crippen LogP contribution is -2.39. The Kier molecular flexibility index (Phi) is 4.45. The minimum atomic E-state index is -0.155. The van der Waals surface area contributed by atoms with Crippen molar-refractivity contribution in [2.45, 2.75) is 6.04 Å². The number of rotatable bonds is 3. The molecular weight excluding hydrogens is 234 g/mol. The first-order valence-corrected chi connectivity index (χ1v) is 6.90. The van der Waals surface area contributed by atoms with Gasteiger partial charge in [-0.15, -0.1) is 0 Å². The predicted octanol–water partition coefficient (Wildman–Crippen LogP) is 1.95. The number of esters is 1. The standard InChI is InChI=1S/C13H17NO2S/c1-16-13(15)9-14-7-8-17-10-12(14)11-5-3-2-4-6-11/h2-6,12H,7-10H2,1H3. The fraction of sp³-hybridized carbons (Fsp3) is 0.462. The summed E-state index contributed by atoms with van der Waals surface area (Å²) in [6.45, 7) is 1.33. The van der Waals surface area contributed by atoms with E-state index in [2.05, 4.69) is 17.0 Å². The van der Waals surface area contributed by atoms with Crippen molar-refractivity contribution in [3.63, 3.8) is 0 Å². The van der Waals surface area contributed by atoms with E-state index in [1.807, 2.05) is 30.0 Å². The lowest BCUT2D eigenvalue weighted by Gasteiger charge is -2.34. The van der Waals surface area contributed by atoms with E-state index in [-0.39, 0.29) is 5.97 Å². The average Bonchev–Trinajstić information content (AvgIpc) is 2.40. The molecule has 2 rings (SSSR count). The van der Waals surface area contributed by atoms with Crippen LogP contribution in [0.5, 0.6) is 0 Å². The molecule has 0 bridgehead atoms. The highest BCUT2D eigenvalue weighted by Gasteiger charge is 2.25. The molecule has 1 saturated heterocycles. The molecule has 0 radical (unpaired) electrons. The second-order valence-electron chi connectivity index (χ2n) is 4.05. The van der Waals surface area contributed by atoms with E-state index in [0.29, 0.717) is 12.6 Å². The summed E-state index contributed by atoms with van der Waals surface area (Å²) in [7, 11) is 1.44. The smallest absolute Gasteiger partial charge is 0.319 e. The second-order valence-corrected chi connectivity index (χ2v) is 5.20. The van der Waals surface area contributed by atoms with Gasteiger partial charge in [0.2, 0.25) is 0 Å². The van der Waals surface area contributed by atoms with E-state index in [9.17, 15) is 4.79 Å². The molecule has 1 aliphatic rings. The summed E-state index contributed by atoms with van der Waals surface area (Å²) in [4.78, 5) is 13.6. The first-order valence-electron chi connectivity index (χ1n) is 5.75. The Morgan fingerprint density at radius 1 is 1.47 bits per heavy atom. The Bertz CT molecular complexity index is 369. The van der Waals surface area contributed by atoms with Crippen LogP contribution in [0.15, 0.2) is 30.3 Å². The topological polar surface area (TPSA) is 29.5 Å². The molecule has 0 aromatic heterocycles. The summed E-state index contributed by atoms with van der Waals surface area (Å²) >= 11 is 1.94. The number of methoxy groups -OCH3 is 1. The third-order valence-corrected chi connectivity index (χ3v) is 4.01. The van der Waals surface area contributed by atoms with Gasteiger partial charge >= 0.3 is 5.97 Å². The molecule has 0 N–H and O–H groups in total. The molecule has 1 unspecified atom stereocenters. The fourth-order valence-electron chi connectivity index (χ4n) is 2.04. The molecular formula is C13H17NO2S. The molecule has 4 heteroatoms. The minimum absolute atomic E-state index is 0.155. The molecule has 0 spiro atoms. The normalized spacial score (nSPS) is 21.1. The van der Waals surface area contributed by atoms with Crippen LogP contribution in [0, 0.1) is 0 Å². The Morgan fingerprint density at radius 3 is 2.94 bits per heavy atom. The van der Waals surface area contributed by atoms with Crippen LogP contribution in [0.25, 0.3) is 0 Å². The van der Waals surface area contributed by atoms with Crippen molar-refractivity contribution >= 4 is 17.7 Å². The Balaban J connectivity index is 2.09. The Hall–Kier alpha value is -1.00. The van der Waals surface area contributed by atoms with Crippen molar-refractivity contribution in [3.05, 3.63) is 35.9 Å². The Morgan fingerprint density at radius 2 is 2.24 bits per heavy atom. The minimum Gasteiger partial charge on any atom is -0.468 e.